The Kier molecular flexibility index (Phi) is 6.67. The average molecular weight is 511 g/mol. The zero-order valence-corrected chi connectivity index (χ0v) is 19.3. The standard InChI is InChI=1S/C25H26IN3O/c1-17(20-7-3-2-4-8-20)27-25(30)24-22-10-6-5-9-21(23(22)28-29-24)15-18-11-13-19(16-26)14-12-18/h2-4,7-8,11-15,17H,5-6,9-10,16H2,1H3,(H,27,30)(H,28,29)/b21-15+/t17-/m1/s1. The van der Waals surface area contributed by atoms with E-state index in [0.29, 0.717) is 5.69 Å². The van der Waals surface area contributed by atoms with Gasteiger partial charge in [0.15, 0.2) is 5.69 Å². The summed E-state index contributed by atoms with van der Waals surface area (Å²) in [5, 5.41) is 10.7. The molecule has 0 fully saturated rings. The molecule has 0 spiro atoms. The van der Waals surface area contributed by atoms with E-state index in [1.165, 1.54) is 16.7 Å². The van der Waals surface area contributed by atoms with Crippen molar-refractivity contribution in [2.45, 2.75) is 43.1 Å². The van der Waals surface area contributed by atoms with Gasteiger partial charge in [-0.05, 0) is 60.9 Å². The Bertz CT molecular complexity index is 1040. The highest BCUT2D eigenvalue weighted by Crippen LogP contribution is 2.32. The summed E-state index contributed by atoms with van der Waals surface area (Å²) in [4.78, 5) is 13.0. The molecule has 0 unspecified atom stereocenters. The van der Waals surface area contributed by atoms with E-state index in [1.807, 2.05) is 37.3 Å². The quantitative estimate of drug-likeness (QED) is 0.247. The summed E-state index contributed by atoms with van der Waals surface area (Å²) in [6.07, 6.45) is 6.27. The molecule has 4 rings (SSSR count). The van der Waals surface area contributed by atoms with E-state index in [0.717, 1.165) is 46.9 Å². The summed E-state index contributed by atoms with van der Waals surface area (Å²) in [6.45, 7) is 2.00. The number of carbonyl (C=O) groups excluding carboxylic acids is 1. The smallest absolute Gasteiger partial charge is 0.272 e. The number of nitrogens with zero attached hydrogens (tertiary/aromatic N) is 1. The van der Waals surface area contributed by atoms with Crippen LogP contribution in [-0.2, 0) is 10.8 Å². The van der Waals surface area contributed by atoms with Crippen molar-refractivity contribution < 1.29 is 4.79 Å². The van der Waals surface area contributed by atoms with E-state index in [4.69, 9.17) is 0 Å². The van der Waals surface area contributed by atoms with Gasteiger partial charge in [-0.2, -0.15) is 5.10 Å². The minimum absolute atomic E-state index is 0.0664. The Morgan fingerprint density at radius 3 is 2.60 bits per heavy atom. The second-order valence-electron chi connectivity index (χ2n) is 7.78. The van der Waals surface area contributed by atoms with Gasteiger partial charge in [-0.25, -0.2) is 0 Å². The van der Waals surface area contributed by atoms with Gasteiger partial charge in [-0.15, -0.1) is 0 Å². The molecule has 1 heterocycles. The van der Waals surface area contributed by atoms with Crippen molar-refractivity contribution in [3.8, 4) is 0 Å². The highest BCUT2D eigenvalue weighted by Gasteiger charge is 2.24. The summed E-state index contributed by atoms with van der Waals surface area (Å²) < 4.78 is 1.01. The van der Waals surface area contributed by atoms with Crippen molar-refractivity contribution >= 4 is 40.1 Å². The van der Waals surface area contributed by atoms with E-state index in [1.54, 1.807) is 0 Å². The number of nitrogens with one attached hydrogen (secondary N) is 2. The van der Waals surface area contributed by atoms with Gasteiger partial charge in [-0.3, -0.25) is 9.89 Å². The van der Waals surface area contributed by atoms with Crippen molar-refractivity contribution in [3.63, 3.8) is 0 Å². The first kappa shape index (κ1) is 20.8. The maximum absolute atomic E-state index is 13.0. The van der Waals surface area contributed by atoms with Gasteiger partial charge in [0.2, 0.25) is 0 Å². The van der Waals surface area contributed by atoms with E-state index in [2.05, 4.69) is 68.4 Å². The molecule has 5 heteroatoms. The molecule has 0 aliphatic heterocycles. The number of aromatic nitrogens is 2. The van der Waals surface area contributed by atoms with Crippen LogP contribution in [0.1, 0.15) is 70.7 Å². The number of rotatable bonds is 5. The van der Waals surface area contributed by atoms with Crippen LogP contribution in [0.25, 0.3) is 11.6 Å². The summed E-state index contributed by atoms with van der Waals surface area (Å²) >= 11 is 2.38. The normalized spacial score (nSPS) is 16.0. The van der Waals surface area contributed by atoms with Crippen LogP contribution >= 0.6 is 22.6 Å². The number of hydrogen-bond donors (Lipinski definition) is 2. The molecule has 3 aromatic rings. The molecule has 1 atom stereocenters. The Balaban J connectivity index is 1.59. The molecule has 0 radical (unpaired) electrons. The summed E-state index contributed by atoms with van der Waals surface area (Å²) in [5.41, 5.74) is 7.41. The van der Waals surface area contributed by atoms with Gasteiger partial charge in [0, 0.05) is 9.99 Å². The lowest BCUT2D eigenvalue weighted by Gasteiger charge is -2.14. The molecule has 2 aromatic carbocycles. The van der Waals surface area contributed by atoms with Gasteiger partial charge in [0.25, 0.3) is 5.91 Å². The summed E-state index contributed by atoms with van der Waals surface area (Å²) in [5.74, 6) is -0.114. The lowest BCUT2D eigenvalue weighted by Crippen LogP contribution is -2.27. The predicted molar refractivity (Wildman–Crippen MR) is 131 cm³/mol. The van der Waals surface area contributed by atoms with Gasteiger partial charge >= 0.3 is 0 Å². The number of fused-ring (bicyclic) bond motifs is 1. The first-order valence-electron chi connectivity index (χ1n) is 10.4. The number of amides is 1. The highest BCUT2D eigenvalue weighted by molar-refractivity contribution is 14.1. The molecule has 30 heavy (non-hydrogen) atoms. The first-order valence-corrected chi connectivity index (χ1v) is 12.0. The van der Waals surface area contributed by atoms with Crippen LogP contribution in [0.5, 0.6) is 0 Å². The number of benzene rings is 2. The predicted octanol–water partition coefficient (Wildman–Crippen LogP) is 6.10. The number of carbonyl (C=O) groups is 1. The monoisotopic (exact) mass is 511 g/mol. The van der Waals surface area contributed by atoms with Crippen LogP contribution in [0, 0.1) is 0 Å². The first-order chi connectivity index (χ1) is 14.7. The molecule has 0 saturated heterocycles. The van der Waals surface area contributed by atoms with E-state index < -0.39 is 0 Å². The minimum Gasteiger partial charge on any atom is -0.344 e. The number of aromatic amines is 1. The van der Waals surface area contributed by atoms with Crippen molar-refractivity contribution in [2.75, 3.05) is 0 Å². The Labute approximate surface area is 191 Å². The second kappa shape index (κ2) is 9.60. The number of H-pyrrole nitrogens is 1. The minimum atomic E-state index is -0.114. The number of allylic oxidation sites excluding steroid dienone is 1. The fourth-order valence-corrected chi connectivity index (χ4v) is 4.45. The van der Waals surface area contributed by atoms with E-state index in [-0.39, 0.29) is 11.9 Å². The third kappa shape index (κ3) is 4.67. The molecular weight excluding hydrogens is 485 g/mol. The topological polar surface area (TPSA) is 57.8 Å². The number of hydrogen-bond acceptors (Lipinski definition) is 2. The average Bonchev–Trinajstić information content (AvgIpc) is 3.11. The third-order valence-corrected chi connectivity index (χ3v) is 6.53. The molecule has 0 bridgehead atoms. The highest BCUT2D eigenvalue weighted by atomic mass is 127. The second-order valence-corrected chi connectivity index (χ2v) is 8.55. The van der Waals surface area contributed by atoms with Crippen LogP contribution in [0.4, 0.5) is 0 Å². The zero-order valence-electron chi connectivity index (χ0n) is 17.1. The number of alkyl halides is 1. The molecule has 4 nitrogen and oxygen atoms in total. The lowest BCUT2D eigenvalue weighted by molar-refractivity contribution is 0.0934. The fourth-order valence-electron chi connectivity index (χ4n) is 3.94. The van der Waals surface area contributed by atoms with Gasteiger partial charge in [-0.1, -0.05) is 77.2 Å². The third-order valence-electron chi connectivity index (χ3n) is 5.65. The summed E-state index contributed by atoms with van der Waals surface area (Å²) in [6, 6.07) is 18.6. The Hall–Kier alpha value is -2.41. The van der Waals surface area contributed by atoms with Gasteiger partial charge < -0.3 is 5.32 Å². The van der Waals surface area contributed by atoms with Crippen molar-refractivity contribution in [3.05, 3.63) is 88.2 Å². The summed E-state index contributed by atoms with van der Waals surface area (Å²) in [7, 11) is 0. The van der Waals surface area contributed by atoms with Crippen molar-refractivity contribution in [1.82, 2.24) is 15.5 Å². The Morgan fingerprint density at radius 1 is 1.13 bits per heavy atom. The molecule has 154 valence electrons. The Morgan fingerprint density at radius 2 is 1.87 bits per heavy atom. The van der Waals surface area contributed by atoms with Crippen LogP contribution in [0.15, 0.2) is 54.6 Å². The molecule has 0 saturated carbocycles. The fraction of sp³-hybridized carbons (Fsp3) is 0.280. The zero-order chi connectivity index (χ0) is 20.9. The maximum atomic E-state index is 13.0. The molecule has 1 amide bonds. The van der Waals surface area contributed by atoms with Crippen LogP contribution in [-0.4, -0.2) is 16.1 Å². The molecule has 1 aliphatic rings. The SMILES string of the molecule is C[C@@H](NC(=O)c1n[nH]c2c1CCCC/C2=C\c1ccc(CI)cc1)c1ccccc1. The largest absolute Gasteiger partial charge is 0.344 e. The van der Waals surface area contributed by atoms with E-state index >= 15 is 0 Å². The maximum Gasteiger partial charge on any atom is 0.272 e. The van der Waals surface area contributed by atoms with Crippen LogP contribution in [0.2, 0.25) is 0 Å². The molecular formula is C25H26IN3O. The molecule has 1 aromatic heterocycles. The van der Waals surface area contributed by atoms with Crippen molar-refractivity contribution in [2.24, 2.45) is 0 Å². The van der Waals surface area contributed by atoms with Gasteiger partial charge in [0.05, 0.1) is 11.7 Å². The van der Waals surface area contributed by atoms with Crippen molar-refractivity contribution in [1.29, 1.82) is 0 Å². The van der Waals surface area contributed by atoms with E-state index in [9.17, 15) is 4.79 Å². The lowest BCUT2D eigenvalue weighted by atomic mass is 10.0. The number of halogens is 1. The molecule has 2 N–H and O–H groups in total. The molecule has 1 aliphatic carbocycles. The van der Waals surface area contributed by atoms with Gasteiger partial charge in [0.1, 0.15) is 0 Å². The van der Waals surface area contributed by atoms with Crippen LogP contribution < -0.4 is 5.32 Å². The van der Waals surface area contributed by atoms with Crippen LogP contribution in [0.3, 0.4) is 0 Å².